The van der Waals surface area contributed by atoms with Gasteiger partial charge in [-0.15, -0.1) is 0 Å². The summed E-state index contributed by atoms with van der Waals surface area (Å²) in [7, 11) is 0. The lowest BCUT2D eigenvalue weighted by molar-refractivity contribution is 0.0961. The van der Waals surface area contributed by atoms with Crippen molar-refractivity contribution in [2.45, 2.75) is 5.92 Å². The van der Waals surface area contributed by atoms with Crippen LogP contribution in [0.15, 0.2) is 89.6 Å². The number of allylic oxidation sites excluding steroid dienone is 3. The summed E-state index contributed by atoms with van der Waals surface area (Å²) >= 11 is 6.10. The predicted octanol–water partition coefficient (Wildman–Crippen LogP) is 4.97. The monoisotopic (exact) mass is 423 g/mol. The summed E-state index contributed by atoms with van der Waals surface area (Å²) in [6.07, 6.45) is 0. The van der Waals surface area contributed by atoms with Gasteiger partial charge in [-0.3, -0.25) is 14.4 Å². The van der Waals surface area contributed by atoms with Gasteiger partial charge in [0, 0.05) is 44.3 Å². The molecule has 3 aromatic carbocycles. The van der Waals surface area contributed by atoms with Crippen molar-refractivity contribution in [3.63, 3.8) is 0 Å². The summed E-state index contributed by atoms with van der Waals surface area (Å²) in [5.74, 6) is -1.28. The van der Waals surface area contributed by atoms with Crippen LogP contribution in [0.25, 0.3) is 5.70 Å². The Labute approximate surface area is 182 Å². The van der Waals surface area contributed by atoms with Crippen molar-refractivity contribution in [3.05, 3.63) is 122 Å². The van der Waals surface area contributed by atoms with E-state index in [2.05, 4.69) is 5.32 Å². The molecule has 0 spiro atoms. The lowest BCUT2D eigenvalue weighted by Gasteiger charge is -2.33. The quantitative estimate of drug-likeness (QED) is 0.600. The third-order valence-corrected chi connectivity index (χ3v) is 6.39. The van der Waals surface area contributed by atoms with Crippen LogP contribution >= 0.6 is 11.6 Å². The number of dihydropyridines is 1. The molecule has 4 nitrogen and oxygen atoms in total. The fraction of sp³-hybridized carbons (Fsp3) is 0.0385. The van der Waals surface area contributed by atoms with Crippen LogP contribution < -0.4 is 5.32 Å². The molecule has 0 bridgehead atoms. The predicted molar refractivity (Wildman–Crippen MR) is 117 cm³/mol. The summed E-state index contributed by atoms with van der Waals surface area (Å²) in [6.45, 7) is 0. The van der Waals surface area contributed by atoms with Gasteiger partial charge >= 0.3 is 0 Å². The normalized spacial score (nSPS) is 19.0. The van der Waals surface area contributed by atoms with Crippen LogP contribution in [0.3, 0.4) is 0 Å². The molecule has 2 aliphatic carbocycles. The van der Waals surface area contributed by atoms with Gasteiger partial charge in [0.25, 0.3) is 0 Å². The molecule has 0 radical (unpaired) electrons. The van der Waals surface area contributed by atoms with E-state index in [9.17, 15) is 14.4 Å². The zero-order valence-electron chi connectivity index (χ0n) is 16.1. The third kappa shape index (κ3) is 2.39. The molecule has 1 atom stereocenters. The number of rotatable bonds is 1. The molecule has 0 amide bonds. The van der Waals surface area contributed by atoms with Crippen molar-refractivity contribution < 1.29 is 14.4 Å². The van der Waals surface area contributed by atoms with Gasteiger partial charge in [0.05, 0.1) is 11.4 Å². The van der Waals surface area contributed by atoms with Gasteiger partial charge in [-0.25, -0.2) is 0 Å². The lowest BCUT2D eigenvalue weighted by atomic mass is 9.73. The first-order chi connectivity index (χ1) is 15.1. The molecular formula is C26H14ClNO3. The van der Waals surface area contributed by atoms with Crippen LogP contribution in [0.1, 0.15) is 48.1 Å². The summed E-state index contributed by atoms with van der Waals surface area (Å²) in [4.78, 5) is 40.5. The fourth-order valence-corrected chi connectivity index (χ4v) is 4.89. The maximum absolute atomic E-state index is 13.6. The van der Waals surface area contributed by atoms with Crippen molar-refractivity contribution in [1.82, 2.24) is 5.32 Å². The van der Waals surface area contributed by atoms with Crippen LogP contribution in [0.2, 0.25) is 5.02 Å². The largest absolute Gasteiger partial charge is 0.351 e. The summed E-state index contributed by atoms with van der Waals surface area (Å²) in [5, 5.41) is 3.73. The van der Waals surface area contributed by atoms with Crippen LogP contribution in [0.4, 0.5) is 0 Å². The molecule has 1 aliphatic heterocycles. The number of fused-ring (bicyclic) bond motifs is 3. The zero-order valence-corrected chi connectivity index (χ0v) is 16.9. The second kappa shape index (κ2) is 6.37. The Morgan fingerprint density at radius 2 is 1.06 bits per heavy atom. The number of benzene rings is 3. The highest BCUT2D eigenvalue weighted by Crippen LogP contribution is 2.49. The molecule has 148 valence electrons. The highest BCUT2D eigenvalue weighted by Gasteiger charge is 2.46. The smallest absolute Gasteiger partial charge is 0.210 e. The van der Waals surface area contributed by atoms with E-state index < -0.39 is 5.92 Å². The number of ketones is 3. The Morgan fingerprint density at radius 3 is 1.68 bits per heavy atom. The third-order valence-electron chi connectivity index (χ3n) is 6.14. The molecule has 31 heavy (non-hydrogen) atoms. The molecule has 0 fully saturated rings. The van der Waals surface area contributed by atoms with Crippen LogP contribution in [-0.4, -0.2) is 17.3 Å². The topological polar surface area (TPSA) is 63.2 Å². The van der Waals surface area contributed by atoms with Gasteiger partial charge in [-0.05, 0) is 17.7 Å². The first-order valence-corrected chi connectivity index (χ1v) is 10.3. The van der Waals surface area contributed by atoms with Crippen molar-refractivity contribution in [3.8, 4) is 0 Å². The van der Waals surface area contributed by atoms with Gasteiger partial charge in [0.1, 0.15) is 0 Å². The molecule has 5 heteroatoms. The number of hydrogen-bond acceptors (Lipinski definition) is 4. The average molecular weight is 424 g/mol. The summed E-state index contributed by atoms with van der Waals surface area (Å²) < 4.78 is 0. The van der Waals surface area contributed by atoms with E-state index in [1.165, 1.54) is 0 Å². The van der Waals surface area contributed by atoms with Crippen LogP contribution in [0.5, 0.6) is 0 Å². The van der Waals surface area contributed by atoms with E-state index in [-0.39, 0.29) is 23.0 Å². The van der Waals surface area contributed by atoms with E-state index in [4.69, 9.17) is 11.6 Å². The SMILES string of the molecule is O=C1C2=C(C(=O)c3ccccc31)C(c1ccc(Cl)cc1)C1=C(N2)c2ccccc2C1=O. The van der Waals surface area contributed by atoms with E-state index in [0.29, 0.717) is 38.6 Å². The van der Waals surface area contributed by atoms with E-state index in [1.54, 1.807) is 42.5 Å². The lowest BCUT2D eigenvalue weighted by Crippen LogP contribution is -2.36. The minimum Gasteiger partial charge on any atom is -0.351 e. The van der Waals surface area contributed by atoms with Crippen molar-refractivity contribution in [1.29, 1.82) is 0 Å². The van der Waals surface area contributed by atoms with E-state index in [1.807, 2.05) is 30.3 Å². The van der Waals surface area contributed by atoms with Crippen molar-refractivity contribution >= 4 is 34.6 Å². The zero-order chi connectivity index (χ0) is 21.3. The summed E-state index contributed by atoms with van der Waals surface area (Å²) in [5.41, 5.74) is 4.42. The Kier molecular flexibility index (Phi) is 3.71. The second-order valence-electron chi connectivity index (χ2n) is 7.77. The molecular weight excluding hydrogens is 410 g/mol. The molecule has 0 aromatic heterocycles. The number of carbonyl (C=O) groups is 3. The molecule has 1 heterocycles. The van der Waals surface area contributed by atoms with Gasteiger partial charge in [-0.2, -0.15) is 0 Å². The first kappa shape index (κ1) is 18.0. The molecule has 0 saturated heterocycles. The Morgan fingerprint density at radius 1 is 0.581 bits per heavy atom. The number of hydrogen-bond donors (Lipinski definition) is 1. The highest BCUT2D eigenvalue weighted by molar-refractivity contribution is 6.32. The second-order valence-corrected chi connectivity index (χ2v) is 8.20. The number of halogens is 1. The number of carbonyl (C=O) groups excluding carboxylic acids is 3. The van der Waals surface area contributed by atoms with Gasteiger partial charge in [-0.1, -0.05) is 72.3 Å². The molecule has 1 N–H and O–H groups in total. The first-order valence-electron chi connectivity index (χ1n) is 9.89. The minimum absolute atomic E-state index is 0.135. The van der Waals surface area contributed by atoms with E-state index in [0.717, 1.165) is 11.1 Å². The molecule has 3 aliphatic rings. The van der Waals surface area contributed by atoms with Gasteiger partial charge in [0.15, 0.2) is 11.6 Å². The average Bonchev–Trinajstić information content (AvgIpc) is 3.09. The summed E-state index contributed by atoms with van der Waals surface area (Å²) in [6, 6.07) is 21.2. The highest BCUT2D eigenvalue weighted by atomic mass is 35.5. The van der Waals surface area contributed by atoms with Crippen LogP contribution in [0, 0.1) is 0 Å². The van der Waals surface area contributed by atoms with Gasteiger partial charge < -0.3 is 5.32 Å². The fourth-order valence-electron chi connectivity index (χ4n) is 4.77. The Hall–Kier alpha value is -3.76. The standard InChI is InChI=1S/C26H14ClNO3/c27-14-11-9-13(10-12-14)19-20-22(15-5-1-2-6-16(15)24(20)29)28-23-21(19)25(30)17-7-3-4-8-18(17)26(23)31/h1-12,19,28H. The van der Waals surface area contributed by atoms with Gasteiger partial charge in [0.2, 0.25) is 5.78 Å². The molecule has 1 unspecified atom stereocenters. The Bertz CT molecular complexity index is 1410. The van der Waals surface area contributed by atoms with Crippen LogP contribution in [-0.2, 0) is 0 Å². The maximum Gasteiger partial charge on any atom is 0.210 e. The van der Waals surface area contributed by atoms with Crippen molar-refractivity contribution in [2.24, 2.45) is 0 Å². The molecule has 0 saturated carbocycles. The molecule has 3 aromatic rings. The number of Topliss-reactive ketones (excluding diaryl/α,β-unsaturated/α-hetero) is 3. The minimum atomic E-state index is -0.659. The number of nitrogens with one attached hydrogen (secondary N) is 1. The van der Waals surface area contributed by atoms with E-state index >= 15 is 0 Å². The molecule has 6 rings (SSSR count). The Balaban J connectivity index is 1.64. The van der Waals surface area contributed by atoms with Crippen molar-refractivity contribution in [2.75, 3.05) is 0 Å². The maximum atomic E-state index is 13.6.